The first-order valence-electron chi connectivity index (χ1n) is 9.09. The van der Waals surface area contributed by atoms with Gasteiger partial charge in [0.25, 0.3) is 0 Å². The first-order chi connectivity index (χ1) is 14.0. The van der Waals surface area contributed by atoms with Gasteiger partial charge in [-0.1, -0.05) is 6.07 Å². The number of rotatable bonds is 4. The van der Waals surface area contributed by atoms with Crippen molar-refractivity contribution in [1.29, 1.82) is 5.26 Å². The van der Waals surface area contributed by atoms with E-state index >= 15 is 0 Å². The summed E-state index contributed by atoms with van der Waals surface area (Å²) in [5.41, 5.74) is 1.55. The molecule has 0 atom stereocenters. The second kappa shape index (κ2) is 7.70. The van der Waals surface area contributed by atoms with Gasteiger partial charge in [0.15, 0.2) is 0 Å². The molecular formula is C21H19N3O4S. The molecule has 0 unspecified atom stereocenters. The average Bonchev–Trinajstić information content (AvgIpc) is 2.78. The van der Waals surface area contributed by atoms with Crippen molar-refractivity contribution in [3.05, 3.63) is 54.2 Å². The maximum Gasteiger partial charge on any atom is 0.210 e. The van der Waals surface area contributed by atoms with E-state index in [1.165, 1.54) is 18.3 Å². The summed E-state index contributed by atoms with van der Waals surface area (Å²) in [6.07, 6.45) is 1.40. The highest BCUT2D eigenvalue weighted by molar-refractivity contribution is 7.91. The number of sulfone groups is 1. The summed E-state index contributed by atoms with van der Waals surface area (Å²) >= 11 is 0. The van der Waals surface area contributed by atoms with E-state index in [1.54, 1.807) is 31.4 Å². The Morgan fingerprint density at radius 3 is 2.69 bits per heavy atom. The largest absolute Gasteiger partial charge is 0.497 e. The molecule has 0 bridgehead atoms. The van der Waals surface area contributed by atoms with Gasteiger partial charge in [0.2, 0.25) is 9.84 Å². The molecule has 1 aromatic heterocycles. The van der Waals surface area contributed by atoms with Crippen LogP contribution in [0.4, 0.5) is 5.69 Å². The van der Waals surface area contributed by atoms with Crippen LogP contribution in [0.15, 0.2) is 58.5 Å². The lowest BCUT2D eigenvalue weighted by atomic mass is 10.1. The number of ether oxygens (including phenoxy) is 2. The van der Waals surface area contributed by atoms with Crippen LogP contribution in [0, 0.1) is 11.3 Å². The molecule has 0 radical (unpaired) electrons. The number of hydrogen-bond acceptors (Lipinski definition) is 7. The minimum atomic E-state index is -3.90. The van der Waals surface area contributed by atoms with Crippen LogP contribution in [-0.2, 0) is 14.6 Å². The summed E-state index contributed by atoms with van der Waals surface area (Å²) in [5.74, 6) is 0.620. The van der Waals surface area contributed by atoms with Crippen molar-refractivity contribution < 1.29 is 17.9 Å². The second-order valence-corrected chi connectivity index (χ2v) is 8.51. The highest BCUT2D eigenvalue weighted by atomic mass is 32.2. The quantitative estimate of drug-likeness (QED) is 0.654. The summed E-state index contributed by atoms with van der Waals surface area (Å²) in [6, 6.07) is 13.4. The molecule has 1 fully saturated rings. The van der Waals surface area contributed by atoms with Gasteiger partial charge in [-0.25, -0.2) is 8.42 Å². The van der Waals surface area contributed by atoms with E-state index in [-0.39, 0.29) is 15.4 Å². The summed E-state index contributed by atoms with van der Waals surface area (Å²) in [5, 5.41) is 9.86. The fourth-order valence-corrected chi connectivity index (χ4v) is 4.91. The summed E-state index contributed by atoms with van der Waals surface area (Å²) in [4.78, 5) is 6.57. The summed E-state index contributed by atoms with van der Waals surface area (Å²) < 4.78 is 37.8. The highest BCUT2D eigenvalue weighted by Gasteiger charge is 2.28. The molecule has 1 saturated heterocycles. The first kappa shape index (κ1) is 19.2. The molecular weight excluding hydrogens is 390 g/mol. The Balaban J connectivity index is 1.99. The Kier molecular flexibility index (Phi) is 5.09. The highest BCUT2D eigenvalue weighted by Crippen LogP contribution is 2.37. The summed E-state index contributed by atoms with van der Waals surface area (Å²) in [6.45, 7) is 2.16. The monoisotopic (exact) mass is 409 g/mol. The lowest BCUT2D eigenvalue weighted by molar-refractivity contribution is 0.122. The van der Waals surface area contributed by atoms with Gasteiger partial charge in [0.05, 0.1) is 48.1 Å². The summed E-state index contributed by atoms with van der Waals surface area (Å²) in [7, 11) is -2.33. The number of morpholine rings is 1. The predicted molar refractivity (Wildman–Crippen MR) is 108 cm³/mol. The van der Waals surface area contributed by atoms with Crippen LogP contribution in [-0.4, -0.2) is 46.8 Å². The molecule has 0 aliphatic carbocycles. The molecule has 2 aromatic carbocycles. The van der Waals surface area contributed by atoms with Crippen molar-refractivity contribution in [1.82, 2.24) is 4.98 Å². The van der Waals surface area contributed by atoms with E-state index in [0.29, 0.717) is 48.6 Å². The van der Waals surface area contributed by atoms with E-state index in [1.807, 2.05) is 17.0 Å². The molecule has 29 heavy (non-hydrogen) atoms. The lowest BCUT2D eigenvalue weighted by Gasteiger charge is -2.31. The zero-order valence-corrected chi connectivity index (χ0v) is 16.6. The zero-order chi connectivity index (χ0) is 20.4. The molecule has 2 heterocycles. The Labute approximate surface area is 169 Å². The van der Waals surface area contributed by atoms with Crippen LogP contribution in [0.2, 0.25) is 0 Å². The molecule has 1 aliphatic heterocycles. The van der Waals surface area contributed by atoms with E-state index in [4.69, 9.17) is 14.7 Å². The zero-order valence-electron chi connectivity index (χ0n) is 15.8. The molecule has 7 nitrogen and oxygen atoms in total. The van der Waals surface area contributed by atoms with Crippen molar-refractivity contribution in [2.75, 3.05) is 38.3 Å². The van der Waals surface area contributed by atoms with Crippen LogP contribution in [0.1, 0.15) is 5.56 Å². The Morgan fingerprint density at radius 2 is 1.97 bits per heavy atom. The van der Waals surface area contributed by atoms with Crippen LogP contribution in [0.3, 0.4) is 0 Å². The lowest BCUT2D eigenvalue weighted by Crippen LogP contribution is -2.37. The SMILES string of the molecule is COc1ccc2ncc(S(=O)(=O)c3cccc(C#N)c3)c(N3CCOCC3)c2c1. The Hall–Kier alpha value is -3.15. The number of aromatic nitrogens is 1. The maximum absolute atomic E-state index is 13.5. The average molecular weight is 409 g/mol. The smallest absolute Gasteiger partial charge is 0.210 e. The number of fused-ring (bicyclic) bond motifs is 1. The minimum Gasteiger partial charge on any atom is -0.497 e. The minimum absolute atomic E-state index is 0.0649. The maximum atomic E-state index is 13.5. The number of pyridine rings is 1. The molecule has 0 amide bonds. The number of anilines is 1. The van der Waals surface area contributed by atoms with Crippen molar-refractivity contribution in [2.45, 2.75) is 9.79 Å². The predicted octanol–water partition coefficient (Wildman–Crippen LogP) is 2.78. The molecule has 148 valence electrons. The molecule has 0 spiro atoms. The van der Waals surface area contributed by atoms with E-state index in [0.717, 1.165) is 0 Å². The van der Waals surface area contributed by atoms with Crippen molar-refractivity contribution in [3.8, 4) is 11.8 Å². The van der Waals surface area contributed by atoms with E-state index in [9.17, 15) is 8.42 Å². The van der Waals surface area contributed by atoms with Crippen molar-refractivity contribution in [3.63, 3.8) is 0 Å². The van der Waals surface area contributed by atoms with Gasteiger partial charge in [0, 0.05) is 24.7 Å². The van der Waals surface area contributed by atoms with Gasteiger partial charge < -0.3 is 14.4 Å². The number of methoxy groups -OCH3 is 1. The van der Waals surface area contributed by atoms with Gasteiger partial charge in [-0.2, -0.15) is 5.26 Å². The first-order valence-corrected chi connectivity index (χ1v) is 10.6. The number of hydrogen-bond donors (Lipinski definition) is 0. The normalized spacial score (nSPS) is 14.6. The van der Waals surface area contributed by atoms with E-state index in [2.05, 4.69) is 4.98 Å². The van der Waals surface area contributed by atoms with Gasteiger partial charge >= 0.3 is 0 Å². The van der Waals surface area contributed by atoms with Gasteiger partial charge in [-0.05, 0) is 36.4 Å². The van der Waals surface area contributed by atoms with E-state index < -0.39 is 9.84 Å². The molecule has 4 rings (SSSR count). The van der Waals surface area contributed by atoms with Crippen molar-refractivity contribution in [2.24, 2.45) is 0 Å². The third-order valence-corrected chi connectivity index (χ3v) is 6.66. The third kappa shape index (κ3) is 3.50. The van der Waals surface area contributed by atoms with Crippen LogP contribution >= 0.6 is 0 Å². The topological polar surface area (TPSA) is 92.5 Å². The van der Waals surface area contributed by atoms with Crippen LogP contribution in [0.25, 0.3) is 10.9 Å². The Bertz CT molecular complexity index is 1210. The fraction of sp³-hybridized carbons (Fsp3) is 0.238. The van der Waals surface area contributed by atoms with Crippen LogP contribution < -0.4 is 9.64 Å². The molecule has 0 saturated carbocycles. The molecule has 1 aliphatic rings. The third-order valence-electron chi connectivity index (χ3n) is 4.90. The van der Waals surface area contributed by atoms with Crippen molar-refractivity contribution >= 4 is 26.4 Å². The van der Waals surface area contributed by atoms with Crippen LogP contribution in [0.5, 0.6) is 5.75 Å². The number of benzene rings is 2. The molecule has 8 heteroatoms. The molecule has 0 N–H and O–H groups in total. The van der Waals surface area contributed by atoms with Gasteiger partial charge in [-0.15, -0.1) is 0 Å². The number of nitrogens with zero attached hydrogens (tertiary/aromatic N) is 3. The fourth-order valence-electron chi connectivity index (χ4n) is 3.44. The van der Waals surface area contributed by atoms with Gasteiger partial charge in [-0.3, -0.25) is 4.98 Å². The second-order valence-electron chi connectivity index (χ2n) is 6.60. The standard InChI is InChI=1S/C21H19N3O4S/c1-27-16-5-6-19-18(12-16)21(24-7-9-28-10-8-24)20(14-23-19)29(25,26)17-4-2-3-15(11-17)13-22/h2-6,11-12,14H,7-10H2,1H3. The number of nitriles is 1. The Morgan fingerprint density at radius 1 is 1.17 bits per heavy atom. The molecule has 3 aromatic rings. The van der Waals surface area contributed by atoms with Gasteiger partial charge in [0.1, 0.15) is 10.6 Å².